The van der Waals surface area contributed by atoms with E-state index in [4.69, 9.17) is 4.98 Å². The van der Waals surface area contributed by atoms with Crippen molar-refractivity contribution >= 4 is 32.8 Å². The second-order valence-electron chi connectivity index (χ2n) is 9.43. The number of hydrogen-bond donors (Lipinski definition) is 1. The molecule has 148 valence electrons. The number of thiazole rings is 1. The highest BCUT2D eigenvalue weighted by Crippen LogP contribution is 2.55. The highest BCUT2D eigenvalue weighted by molar-refractivity contribution is 7.21. The van der Waals surface area contributed by atoms with E-state index in [-0.39, 0.29) is 11.6 Å². The third kappa shape index (κ3) is 2.86. The summed E-state index contributed by atoms with van der Waals surface area (Å²) >= 11 is 1.64. The molecule has 4 aliphatic carbocycles. The third-order valence-corrected chi connectivity index (χ3v) is 8.44. The number of piperazine rings is 1. The molecule has 4 saturated carbocycles. The monoisotopic (exact) mass is 397 g/mol. The number of carbonyl (C=O) groups excluding carboxylic acids is 1. The zero-order valence-corrected chi connectivity index (χ0v) is 17.0. The van der Waals surface area contributed by atoms with Crippen molar-refractivity contribution in [1.29, 1.82) is 0 Å². The number of rotatable bonds is 2. The maximum Gasteiger partial charge on any atom is 0.317 e. The molecule has 1 aliphatic heterocycles. The molecule has 2 amide bonds. The first-order valence-electron chi connectivity index (χ1n) is 10.7. The Bertz CT molecular complexity index is 835. The second kappa shape index (κ2) is 6.31. The molecule has 0 atom stereocenters. The number of aromatic nitrogens is 2. The Morgan fingerprint density at radius 1 is 1.07 bits per heavy atom. The van der Waals surface area contributed by atoms with Gasteiger partial charge in [0.2, 0.25) is 0 Å². The summed E-state index contributed by atoms with van der Waals surface area (Å²) < 4.78 is 0. The molecule has 7 heteroatoms. The summed E-state index contributed by atoms with van der Waals surface area (Å²) in [5, 5.41) is 4.54. The summed E-state index contributed by atoms with van der Waals surface area (Å²) in [6, 6.07) is 4.10. The minimum absolute atomic E-state index is 0.0989. The molecule has 0 aromatic carbocycles. The van der Waals surface area contributed by atoms with Crippen LogP contribution in [0.5, 0.6) is 0 Å². The van der Waals surface area contributed by atoms with E-state index >= 15 is 0 Å². The summed E-state index contributed by atoms with van der Waals surface area (Å²) in [6.07, 6.45) is 9.67. The predicted molar refractivity (Wildman–Crippen MR) is 111 cm³/mol. The van der Waals surface area contributed by atoms with Gasteiger partial charge >= 0.3 is 6.03 Å². The van der Waals surface area contributed by atoms with Gasteiger partial charge in [0.05, 0.1) is 0 Å². The van der Waals surface area contributed by atoms with E-state index in [1.165, 1.54) is 38.5 Å². The zero-order chi connectivity index (χ0) is 18.7. The van der Waals surface area contributed by atoms with Gasteiger partial charge in [-0.05, 0) is 68.4 Å². The van der Waals surface area contributed by atoms with Gasteiger partial charge in [0.15, 0.2) is 5.13 Å². The third-order valence-electron chi connectivity index (χ3n) is 7.40. The summed E-state index contributed by atoms with van der Waals surface area (Å²) in [5.41, 5.74) is 1.06. The number of hydrogen-bond acceptors (Lipinski definition) is 5. The quantitative estimate of drug-likeness (QED) is 0.843. The number of fused-ring (bicyclic) bond motifs is 1. The second-order valence-corrected chi connectivity index (χ2v) is 10.4. The van der Waals surface area contributed by atoms with Crippen LogP contribution in [0.4, 0.5) is 9.93 Å². The Labute approximate surface area is 169 Å². The van der Waals surface area contributed by atoms with Gasteiger partial charge in [-0.3, -0.25) is 0 Å². The van der Waals surface area contributed by atoms with Crippen LogP contribution >= 0.6 is 11.3 Å². The minimum Gasteiger partial charge on any atom is -0.344 e. The largest absolute Gasteiger partial charge is 0.344 e. The lowest BCUT2D eigenvalue weighted by Gasteiger charge is -2.57. The van der Waals surface area contributed by atoms with Crippen molar-refractivity contribution in [3.8, 4) is 0 Å². The van der Waals surface area contributed by atoms with Crippen LogP contribution in [-0.4, -0.2) is 52.6 Å². The lowest BCUT2D eigenvalue weighted by Crippen LogP contribution is -2.63. The zero-order valence-electron chi connectivity index (χ0n) is 16.1. The van der Waals surface area contributed by atoms with E-state index in [1.807, 2.05) is 23.2 Å². The number of carbonyl (C=O) groups is 1. The fraction of sp³-hybridized carbons (Fsp3) is 0.667. The average Bonchev–Trinajstić information content (AvgIpc) is 3.11. The number of nitrogens with zero attached hydrogens (tertiary/aromatic N) is 4. The number of urea groups is 1. The van der Waals surface area contributed by atoms with Crippen molar-refractivity contribution in [2.24, 2.45) is 17.8 Å². The van der Waals surface area contributed by atoms with Crippen molar-refractivity contribution in [2.75, 3.05) is 31.1 Å². The molecule has 1 N–H and O–H groups in total. The molecule has 7 rings (SSSR count). The fourth-order valence-electron chi connectivity index (χ4n) is 6.56. The highest BCUT2D eigenvalue weighted by atomic mass is 32.1. The van der Waals surface area contributed by atoms with Crippen molar-refractivity contribution < 1.29 is 4.79 Å². The molecule has 28 heavy (non-hydrogen) atoms. The molecule has 5 aliphatic rings. The Balaban J connectivity index is 1.10. The normalized spacial score (nSPS) is 34.2. The molecule has 0 radical (unpaired) electrons. The first-order chi connectivity index (χ1) is 13.7. The van der Waals surface area contributed by atoms with E-state index in [9.17, 15) is 4.79 Å². The van der Waals surface area contributed by atoms with Crippen LogP contribution in [0, 0.1) is 17.8 Å². The van der Waals surface area contributed by atoms with E-state index < -0.39 is 0 Å². The van der Waals surface area contributed by atoms with Gasteiger partial charge in [-0.15, -0.1) is 0 Å². The fourth-order valence-corrected chi connectivity index (χ4v) is 7.52. The van der Waals surface area contributed by atoms with Crippen molar-refractivity contribution in [3.05, 3.63) is 18.3 Å². The van der Waals surface area contributed by atoms with Crippen LogP contribution in [0.3, 0.4) is 0 Å². The molecule has 4 bridgehead atoms. The lowest BCUT2D eigenvalue weighted by molar-refractivity contribution is -0.0157. The maximum absolute atomic E-state index is 13.0. The van der Waals surface area contributed by atoms with Crippen molar-refractivity contribution in [3.63, 3.8) is 0 Å². The molecule has 2 aromatic rings. The van der Waals surface area contributed by atoms with Crippen molar-refractivity contribution in [2.45, 2.75) is 44.1 Å². The standard InChI is InChI=1S/C21H27N5OS/c27-19(24-21-11-14-8-15(12-21)10-16(9-14)13-21)25-4-6-26(7-5-25)20-23-17-2-1-3-22-18(17)28-20/h1-3,14-16H,4-13H2,(H,24,27). The topological polar surface area (TPSA) is 61.4 Å². The molecule has 0 unspecified atom stereocenters. The maximum atomic E-state index is 13.0. The molecule has 1 saturated heterocycles. The van der Waals surface area contributed by atoms with E-state index in [2.05, 4.69) is 15.2 Å². The SMILES string of the molecule is O=C(NC12CC3CC(CC(C3)C1)C2)N1CCN(c2nc3cccnc3s2)CC1. The van der Waals surface area contributed by atoms with Gasteiger partial charge in [0.1, 0.15) is 10.3 Å². The van der Waals surface area contributed by atoms with E-state index in [0.717, 1.165) is 59.4 Å². The highest BCUT2D eigenvalue weighted by Gasteiger charge is 2.51. The number of amides is 2. The summed E-state index contributed by atoms with van der Waals surface area (Å²) in [7, 11) is 0. The Hall–Kier alpha value is -1.89. The Morgan fingerprint density at radius 3 is 2.39 bits per heavy atom. The molecule has 5 fully saturated rings. The van der Waals surface area contributed by atoms with Crippen LogP contribution in [0.25, 0.3) is 10.3 Å². The summed E-state index contributed by atoms with van der Waals surface area (Å²) in [4.78, 5) is 27.4. The molecule has 6 nitrogen and oxygen atoms in total. The molecular formula is C21H27N5OS. The van der Waals surface area contributed by atoms with Crippen molar-refractivity contribution in [1.82, 2.24) is 20.2 Å². The number of nitrogens with one attached hydrogen (secondary N) is 1. The van der Waals surface area contributed by atoms with Crippen LogP contribution in [-0.2, 0) is 0 Å². The van der Waals surface area contributed by atoms with Gasteiger partial charge < -0.3 is 15.1 Å². The van der Waals surface area contributed by atoms with Gasteiger partial charge in [-0.25, -0.2) is 14.8 Å². The van der Waals surface area contributed by atoms with Gasteiger partial charge in [-0.2, -0.15) is 0 Å². The average molecular weight is 398 g/mol. The first kappa shape index (κ1) is 17.0. The van der Waals surface area contributed by atoms with Gasteiger partial charge in [-0.1, -0.05) is 11.3 Å². The molecular weight excluding hydrogens is 370 g/mol. The molecule has 3 heterocycles. The Kier molecular flexibility index (Phi) is 3.83. The molecule has 2 aromatic heterocycles. The van der Waals surface area contributed by atoms with Gasteiger partial charge in [0.25, 0.3) is 0 Å². The van der Waals surface area contributed by atoms with Crippen LogP contribution in [0.2, 0.25) is 0 Å². The molecule has 0 spiro atoms. The summed E-state index contributed by atoms with van der Waals surface area (Å²) in [6.45, 7) is 3.21. The first-order valence-corrected chi connectivity index (χ1v) is 11.5. The minimum atomic E-state index is 0.0989. The van der Waals surface area contributed by atoms with Gasteiger partial charge in [0, 0.05) is 37.9 Å². The summed E-state index contributed by atoms with van der Waals surface area (Å²) in [5.74, 6) is 2.57. The van der Waals surface area contributed by atoms with E-state index in [1.54, 1.807) is 11.3 Å². The Morgan fingerprint density at radius 2 is 1.75 bits per heavy atom. The van der Waals surface area contributed by atoms with Crippen LogP contribution < -0.4 is 10.2 Å². The number of anilines is 1. The van der Waals surface area contributed by atoms with Crippen LogP contribution in [0.15, 0.2) is 18.3 Å². The number of pyridine rings is 1. The van der Waals surface area contributed by atoms with E-state index in [0.29, 0.717) is 0 Å². The van der Waals surface area contributed by atoms with Crippen LogP contribution in [0.1, 0.15) is 38.5 Å². The predicted octanol–water partition coefficient (Wildman–Crippen LogP) is 3.49. The smallest absolute Gasteiger partial charge is 0.317 e. The lowest BCUT2D eigenvalue weighted by atomic mass is 9.53.